The van der Waals surface area contributed by atoms with Gasteiger partial charge in [-0.05, 0) is 38.0 Å². The lowest BCUT2D eigenvalue weighted by Gasteiger charge is -2.14. The van der Waals surface area contributed by atoms with E-state index < -0.39 is 10.0 Å². The van der Waals surface area contributed by atoms with Gasteiger partial charge in [0.25, 0.3) is 5.91 Å². The van der Waals surface area contributed by atoms with E-state index in [1.165, 1.54) is 18.2 Å². The van der Waals surface area contributed by atoms with Crippen LogP contribution in [0, 0.1) is 0 Å². The summed E-state index contributed by atoms with van der Waals surface area (Å²) < 4.78 is 32.2. The summed E-state index contributed by atoms with van der Waals surface area (Å²) in [5, 5.41) is 2.97. The average Bonchev–Trinajstić information content (AvgIpc) is 2.54. The molecule has 0 fully saturated rings. The molecule has 1 amide bonds. The Morgan fingerprint density at radius 1 is 1.28 bits per heavy atom. The second-order valence-electron chi connectivity index (χ2n) is 5.89. The Morgan fingerprint density at radius 3 is 2.60 bits per heavy atom. The van der Waals surface area contributed by atoms with Gasteiger partial charge in [0.2, 0.25) is 10.0 Å². The molecule has 0 saturated carbocycles. The summed E-state index contributed by atoms with van der Waals surface area (Å²) in [6.45, 7) is 6.17. The van der Waals surface area contributed by atoms with Crippen LogP contribution in [0.2, 0.25) is 5.02 Å². The van der Waals surface area contributed by atoms with Crippen molar-refractivity contribution in [3.63, 3.8) is 0 Å². The minimum Gasteiger partial charge on any atom is -0.482 e. The second kappa shape index (κ2) is 10.6. The first-order chi connectivity index (χ1) is 11.8. The van der Waals surface area contributed by atoms with Crippen molar-refractivity contribution in [1.82, 2.24) is 10.0 Å². The lowest BCUT2D eigenvalue weighted by atomic mass is 10.2. The zero-order valence-corrected chi connectivity index (χ0v) is 16.5. The number of ether oxygens (including phenoxy) is 1. The molecule has 1 rings (SSSR count). The zero-order chi connectivity index (χ0) is 18.9. The number of sulfonamides is 1. The van der Waals surface area contributed by atoms with Crippen LogP contribution in [0.1, 0.15) is 46.5 Å². The number of hydrogen-bond donors (Lipinski definition) is 2. The van der Waals surface area contributed by atoms with Crippen molar-refractivity contribution in [2.24, 2.45) is 0 Å². The van der Waals surface area contributed by atoms with Crippen molar-refractivity contribution in [2.75, 3.05) is 13.2 Å². The predicted octanol–water partition coefficient (Wildman–Crippen LogP) is 3.10. The highest BCUT2D eigenvalue weighted by Gasteiger charge is 2.16. The van der Waals surface area contributed by atoms with Gasteiger partial charge in [-0.1, -0.05) is 38.3 Å². The van der Waals surface area contributed by atoms with Crippen LogP contribution in [0.4, 0.5) is 0 Å². The van der Waals surface area contributed by atoms with E-state index >= 15 is 0 Å². The molecule has 0 aliphatic rings. The van der Waals surface area contributed by atoms with Gasteiger partial charge in [-0.2, -0.15) is 0 Å². The summed E-state index contributed by atoms with van der Waals surface area (Å²) in [5.41, 5.74) is 0. The van der Waals surface area contributed by atoms with E-state index in [-0.39, 0.29) is 34.2 Å². The van der Waals surface area contributed by atoms with Gasteiger partial charge in [-0.15, -0.1) is 0 Å². The van der Waals surface area contributed by atoms with Gasteiger partial charge < -0.3 is 10.1 Å². The van der Waals surface area contributed by atoms with E-state index in [9.17, 15) is 13.2 Å². The van der Waals surface area contributed by atoms with Crippen molar-refractivity contribution in [3.05, 3.63) is 23.2 Å². The monoisotopic (exact) mass is 390 g/mol. The molecule has 1 aromatic rings. The maximum atomic E-state index is 12.1. The molecule has 0 aliphatic heterocycles. The number of hydrogen-bond acceptors (Lipinski definition) is 4. The van der Waals surface area contributed by atoms with Gasteiger partial charge in [0, 0.05) is 12.6 Å². The summed E-state index contributed by atoms with van der Waals surface area (Å²) in [7, 11) is -3.59. The van der Waals surface area contributed by atoms with Crippen LogP contribution in [0.3, 0.4) is 0 Å². The van der Waals surface area contributed by atoms with Crippen molar-refractivity contribution < 1.29 is 17.9 Å². The SMILES string of the molecule is CCCCNS(=O)(=O)c1ccc(OCC(=O)N[C@@H](C)CCC)c(Cl)c1. The minimum absolute atomic E-state index is 0.0713. The molecule has 0 aromatic heterocycles. The maximum Gasteiger partial charge on any atom is 0.258 e. The smallest absolute Gasteiger partial charge is 0.258 e. The van der Waals surface area contributed by atoms with Crippen molar-refractivity contribution in [3.8, 4) is 5.75 Å². The van der Waals surface area contributed by atoms with E-state index in [4.69, 9.17) is 16.3 Å². The van der Waals surface area contributed by atoms with Gasteiger partial charge in [-0.3, -0.25) is 4.79 Å². The van der Waals surface area contributed by atoms with Crippen LogP contribution in [-0.2, 0) is 14.8 Å². The summed E-state index contributed by atoms with van der Waals surface area (Å²) >= 11 is 6.09. The normalized spacial score (nSPS) is 12.6. The summed E-state index contributed by atoms with van der Waals surface area (Å²) in [6.07, 6.45) is 3.54. The Balaban J connectivity index is 2.65. The quantitative estimate of drug-likeness (QED) is 0.568. The number of amides is 1. The number of carbonyl (C=O) groups excluding carboxylic acids is 1. The largest absolute Gasteiger partial charge is 0.482 e. The Morgan fingerprint density at radius 2 is 2.00 bits per heavy atom. The maximum absolute atomic E-state index is 12.1. The molecule has 1 aromatic carbocycles. The first-order valence-corrected chi connectivity index (χ1v) is 10.4. The lowest BCUT2D eigenvalue weighted by molar-refractivity contribution is -0.123. The Hall–Kier alpha value is -1.31. The minimum atomic E-state index is -3.59. The summed E-state index contributed by atoms with van der Waals surface area (Å²) in [5.74, 6) is 0.0300. The number of halogens is 1. The molecule has 0 unspecified atom stereocenters. The van der Waals surface area contributed by atoms with Crippen LogP contribution in [0.5, 0.6) is 5.75 Å². The molecule has 6 nitrogen and oxygen atoms in total. The van der Waals surface area contributed by atoms with E-state index in [2.05, 4.69) is 10.0 Å². The summed E-state index contributed by atoms with van der Waals surface area (Å²) in [6, 6.07) is 4.27. The molecule has 142 valence electrons. The molecular formula is C17H27ClN2O4S. The Kier molecular flexibility index (Phi) is 9.24. The fraction of sp³-hybridized carbons (Fsp3) is 0.588. The van der Waals surface area contributed by atoms with Crippen LogP contribution in [0.25, 0.3) is 0 Å². The highest BCUT2D eigenvalue weighted by Crippen LogP contribution is 2.27. The number of benzene rings is 1. The third-order valence-electron chi connectivity index (χ3n) is 3.52. The Bertz CT molecular complexity index is 665. The molecule has 2 N–H and O–H groups in total. The average molecular weight is 391 g/mol. The number of rotatable bonds is 11. The fourth-order valence-electron chi connectivity index (χ4n) is 2.20. The lowest BCUT2D eigenvalue weighted by Crippen LogP contribution is -2.35. The van der Waals surface area contributed by atoms with Gasteiger partial charge in [-0.25, -0.2) is 13.1 Å². The van der Waals surface area contributed by atoms with Crippen molar-refractivity contribution in [2.45, 2.75) is 57.4 Å². The molecule has 0 bridgehead atoms. The molecule has 0 spiro atoms. The topological polar surface area (TPSA) is 84.5 Å². The molecule has 8 heteroatoms. The van der Waals surface area contributed by atoms with E-state index in [0.717, 1.165) is 25.7 Å². The molecule has 0 heterocycles. The molecule has 0 aliphatic carbocycles. The molecule has 0 saturated heterocycles. The van der Waals surface area contributed by atoms with Gasteiger partial charge in [0.05, 0.1) is 9.92 Å². The van der Waals surface area contributed by atoms with Crippen LogP contribution < -0.4 is 14.8 Å². The highest BCUT2D eigenvalue weighted by molar-refractivity contribution is 7.89. The fourth-order valence-corrected chi connectivity index (χ4v) is 3.60. The van der Waals surface area contributed by atoms with Crippen LogP contribution in [0.15, 0.2) is 23.1 Å². The second-order valence-corrected chi connectivity index (χ2v) is 8.06. The predicted molar refractivity (Wildman–Crippen MR) is 99.6 cm³/mol. The van der Waals surface area contributed by atoms with E-state index in [1.54, 1.807) is 0 Å². The first kappa shape index (κ1) is 21.7. The molecule has 0 radical (unpaired) electrons. The number of carbonyl (C=O) groups is 1. The molecule has 25 heavy (non-hydrogen) atoms. The number of unbranched alkanes of at least 4 members (excludes halogenated alkanes) is 1. The first-order valence-electron chi connectivity index (χ1n) is 8.51. The summed E-state index contributed by atoms with van der Waals surface area (Å²) in [4.78, 5) is 11.9. The molecular weight excluding hydrogens is 364 g/mol. The Labute approximate surface area is 155 Å². The number of nitrogens with one attached hydrogen (secondary N) is 2. The standard InChI is InChI=1S/C17H27ClN2O4S/c1-4-6-10-19-25(22,23)14-8-9-16(15(18)11-14)24-12-17(21)20-13(3)7-5-2/h8-9,11,13,19H,4-7,10,12H2,1-3H3,(H,20,21)/t13-/m0/s1. The highest BCUT2D eigenvalue weighted by atomic mass is 35.5. The van der Waals surface area contributed by atoms with E-state index in [1.807, 2.05) is 20.8 Å². The van der Waals surface area contributed by atoms with Gasteiger partial charge in [0.15, 0.2) is 6.61 Å². The van der Waals surface area contributed by atoms with Gasteiger partial charge in [0.1, 0.15) is 5.75 Å². The molecule has 1 atom stereocenters. The van der Waals surface area contributed by atoms with Crippen molar-refractivity contribution >= 4 is 27.5 Å². The van der Waals surface area contributed by atoms with Crippen LogP contribution >= 0.6 is 11.6 Å². The van der Waals surface area contributed by atoms with Gasteiger partial charge >= 0.3 is 0 Å². The van der Waals surface area contributed by atoms with E-state index in [0.29, 0.717) is 6.54 Å². The third-order valence-corrected chi connectivity index (χ3v) is 5.28. The third kappa shape index (κ3) is 7.63. The van der Waals surface area contributed by atoms with Crippen molar-refractivity contribution in [1.29, 1.82) is 0 Å². The zero-order valence-electron chi connectivity index (χ0n) is 15.0. The van der Waals surface area contributed by atoms with Crippen LogP contribution in [-0.4, -0.2) is 33.5 Å².